The van der Waals surface area contributed by atoms with Gasteiger partial charge in [0.1, 0.15) is 11.6 Å². The number of pyridine rings is 1. The second-order valence-corrected chi connectivity index (χ2v) is 6.53. The number of likely N-dealkylation sites (tertiary alicyclic amines) is 1. The van der Waals surface area contributed by atoms with Gasteiger partial charge in [0.25, 0.3) is 0 Å². The first kappa shape index (κ1) is 15.8. The van der Waals surface area contributed by atoms with Gasteiger partial charge >= 0.3 is 0 Å². The lowest BCUT2D eigenvalue weighted by Crippen LogP contribution is -2.42. The Morgan fingerprint density at radius 1 is 1.30 bits per heavy atom. The quantitative estimate of drug-likeness (QED) is 0.857. The first-order valence-corrected chi connectivity index (χ1v) is 8.54. The SMILES string of the molecule is N#Cc1cccnc1OCC1CCN(C(=O)C2CCCC2)CC1. The smallest absolute Gasteiger partial charge is 0.231 e. The zero-order chi connectivity index (χ0) is 16.1. The van der Waals surface area contributed by atoms with Crippen LogP contribution in [0.5, 0.6) is 5.88 Å². The van der Waals surface area contributed by atoms with Crippen LogP contribution in [0.3, 0.4) is 0 Å². The van der Waals surface area contributed by atoms with Crippen molar-refractivity contribution in [3.63, 3.8) is 0 Å². The number of carbonyl (C=O) groups is 1. The molecule has 1 aliphatic heterocycles. The van der Waals surface area contributed by atoms with Crippen molar-refractivity contribution in [3.8, 4) is 11.9 Å². The topological polar surface area (TPSA) is 66.2 Å². The Morgan fingerprint density at radius 2 is 2.04 bits per heavy atom. The molecule has 0 atom stereocenters. The summed E-state index contributed by atoms with van der Waals surface area (Å²) in [5, 5.41) is 9.04. The van der Waals surface area contributed by atoms with Crippen LogP contribution in [0.25, 0.3) is 0 Å². The molecule has 5 nitrogen and oxygen atoms in total. The third-order valence-corrected chi connectivity index (χ3v) is 4.98. The maximum atomic E-state index is 12.4. The molecule has 0 radical (unpaired) electrons. The first-order valence-electron chi connectivity index (χ1n) is 8.54. The monoisotopic (exact) mass is 313 g/mol. The molecule has 0 unspecified atom stereocenters. The number of nitriles is 1. The minimum Gasteiger partial charge on any atom is -0.476 e. The molecular formula is C18H23N3O2. The van der Waals surface area contributed by atoms with Crippen molar-refractivity contribution >= 4 is 5.91 Å². The highest BCUT2D eigenvalue weighted by atomic mass is 16.5. The second-order valence-electron chi connectivity index (χ2n) is 6.53. The second kappa shape index (κ2) is 7.45. The van der Waals surface area contributed by atoms with Crippen molar-refractivity contribution in [2.24, 2.45) is 11.8 Å². The van der Waals surface area contributed by atoms with E-state index in [1.165, 1.54) is 12.8 Å². The van der Waals surface area contributed by atoms with Crippen molar-refractivity contribution < 1.29 is 9.53 Å². The summed E-state index contributed by atoms with van der Waals surface area (Å²) in [6.07, 6.45) is 8.11. The molecule has 2 aliphatic rings. The van der Waals surface area contributed by atoms with E-state index in [2.05, 4.69) is 11.1 Å². The van der Waals surface area contributed by atoms with E-state index in [9.17, 15) is 4.79 Å². The number of ether oxygens (including phenoxy) is 1. The van der Waals surface area contributed by atoms with Gasteiger partial charge in [-0.1, -0.05) is 12.8 Å². The van der Waals surface area contributed by atoms with E-state index >= 15 is 0 Å². The fourth-order valence-electron chi connectivity index (χ4n) is 3.54. The minimum atomic E-state index is 0.273. The highest BCUT2D eigenvalue weighted by molar-refractivity contribution is 5.79. The molecule has 2 heterocycles. The molecule has 0 bridgehead atoms. The standard InChI is InChI=1S/C18H23N3O2/c19-12-16-6-3-9-20-17(16)23-13-14-7-10-21(11-8-14)18(22)15-4-1-2-5-15/h3,6,9,14-15H,1-2,4-5,7-8,10-11,13H2. The number of nitrogens with zero attached hydrogens (tertiary/aromatic N) is 3. The summed E-state index contributed by atoms with van der Waals surface area (Å²) in [7, 11) is 0. The lowest BCUT2D eigenvalue weighted by atomic mass is 9.96. The van der Waals surface area contributed by atoms with Crippen LogP contribution in [0.1, 0.15) is 44.1 Å². The fourth-order valence-corrected chi connectivity index (χ4v) is 3.54. The molecule has 5 heteroatoms. The van der Waals surface area contributed by atoms with E-state index in [4.69, 9.17) is 10.00 Å². The highest BCUT2D eigenvalue weighted by Crippen LogP contribution is 2.28. The van der Waals surface area contributed by atoms with Crippen molar-refractivity contribution in [3.05, 3.63) is 23.9 Å². The molecule has 0 aromatic carbocycles. The van der Waals surface area contributed by atoms with Gasteiger partial charge in [-0.3, -0.25) is 4.79 Å². The minimum absolute atomic E-state index is 0.273. The maximum absolute atomic E-state index is 12.4. The third-order valence-electron chi connectivity index (χ3n) is 4.98. The van der Waals surface area contributed by atoms with Crippen LogP contribution >= 0.6 is 0 Å². The molecule has 2 fully saturated rings. The van der Waals surface area contributed by atoms with E-state index in [1.54, 1.807) is 18.3 Å². The van der Waals surface area contributed by atoms with Gasteiger partial charge in [-0.25, -0.2) is 4.98 Å². The largest absolute Gasteiger partial charge is 0.476 e. The third kappa shape index (κ3) is 3.82. The van der Waals surface area contributed by atoms with Crippen LogP contribution in [-0.2, 0) is 4.79 Å². The fraction of sp³-hybridized carbons (Fsp3) is 0.611. The van der Waals surface area contributed by atoms with Crippen molar-refractivity contribution in [2.75, 3.05) is 19.7 Å². The lowest BCUT2D eigenvalue weighted by molar-refractivity contribution is -0.136. The van der Waals surface area contributed by atoms with E-state index < -0.39 is 0 Å². The molecule has 1 aromatic rings. The normalized spacial score (nSPS) is 19.5. The number of aromatic nitrogens is 1. The molecule has 0 spiro atoms. The van der Waals surface area contributed by atoms with Gasteiger partial charge in [0, 0.05) is 25.2 Å². The number of carbonyl (C=O) groups excluding carboxylic acids is 1. The Labute approximate surface area is 137 Å². The van der Waals surface area contributed by atoms with E-state index in [1.807, 2.05) is 4.90 Å². The van der Waals surface area contributed by atoms with Crippen LogP contribution in [0, 0.1) is 23.2 Å². The zero-order valence-corrected chi connectivity index (χ0v) is 13.4. The molecule has 1 aromatic heterocycles. The van der Waals surface area contributed by atoms with Crippen LogP contribution in [0.2, 0.25) is 0 Å². The van der Waals surface area contributed by atoms with E-state index in [0.29, 0.717) is 29.9 Å². The van der Waals surface area contributed by atoms with Crippen LogP contribution in [0.15, 0.2) is 18.3 Å². The molecule has 122 valence electrons. The summed E-state index contributed by atoms with van der Waals surface area (Å²) >= 11 is 0. The predicted octanol–water partition coefficient (Wildman–Crippen LogP) is 2.76. The van der Waals surface area contributed by atoms with Crippen LogP contribution < -0.4 is 4.74 Å². The number of hydrogen-bond acceptors (Lipinski definition) is 4. The Hall–Kier alpha value is -2.09. The molecule has 23 heavy (non-hydrogen) atoms. The molecule has 0 N–H and O–H groups in total. The summed E-state index contributed by atoms with van der Waals surface area (Å²) in [4.78, 5) is 18.6. The molecule has 1 aliphatic carbocycles. The first-order chi connectivity index (χ1) is 11.3. The maximum Gasteiger partial charge on any atom is 0.231 e. The molecular weight excluding hydrogens is 290 g/mol. The predicted molar refractivity (Wildman–Crippen MR) is 85.7 cm³/mol. The average Bonchev–Trinajstić information content (AvgIpc) is 3.14. The highest BCUT2D eigenvalue weighted by Gasteiger charge is 2.30. The Morgan fingerprint density at radius 3 is 2.74 bits per heavy atom. The van der Waals surface area contributed by atoms with E-state index in [0.717, 1.165) is 38.8 Å². The van der Waals surface area contributed by atoms with Crippen molar-refractivity contribution in [1.29, 1.82) is 5.26 Å². The summed E-state index contributed by atoms with van der Waals surface area (Å²) in [5.74, 6) is 1.48. The number of hydrogen-bond donors (Lipinski definition) is 0. The van der Waals surface area contributed by atoms with Gasteiger partial charge in [-0.2, -0.15) is 5.26 Å². The number of piperidine rings is 1. The van der Waals surface area contributed by atoms with Crippen LogP contribution in [-0.4, -0.2) is 35.5 Å². The molecule has 1 amide bonds. The zero-order valence-electron chi connectivity index (χ0n) is 13.4. The summed E-state index contributed by atoms with van der Waals surface area (Å²) in [6.45, 7) is 2.23. The van der Waals surface area contributed by atoms with Gasteiger partial charge in [0.15, 0.2) is 0 Å². The Kier molecular flexibility index (Phi) is 5.12. The molecule has 1 saturated carbocycles. The average molecular weight is 313 g/mol. The lowest BCUT2D eigenvalue weighted by Gasteiger charge is -2.33. The Balaban J connectivity index is 1.46. The molecule has 1 saturated heterocycles. The van der Waals surface area contributed by atoms with Gasteiger partial charge in [-0.05, 0) is 43.7 Å². The van der Waals surface area contributed by atoms with Crippen molar-refractivity contribution in [2.45, 2.75) is 38.5 Å². The van der Waals surface area contributed by atoms with Gasteiger partial charge in [-0.15, -0.1) is 0 Å². The van der Waals surface area contributed by atoms with Crippen molar-refractivity contribution in [1.82, 2.24) is 9.88 Å². The van der Waals surface area contributed by atoms with Gasteiger partial charge in [0.2, 0.25) is 11.8 Å². The van der Waals surface area contributed by atoms with Crippen LogP contribution in [0.4, 0.5) is 0 Å². The summed E-state index contributed by atoms with van der Waals surface area (Å²) in [5.41, 5.74) is 0.473. The van der Waals surface area contributed by atoms with Gasteiger partial charge < -0.3 is 9.64 Å². The number of rotatable bonds is 4. The number of amides is 1. The molecule has 3 rings (SSSR count). The van der Waals surface area contributed by atoms with E-state index in [-0.39, 0.29) is 5.92 Å². The van der Waals surface area contributed by atoms with Gasteiger partial charge in [0.05, 0.1) is 6.61 Å². The summed E-state index contributed by atoms with van der Waals surface area (Å²) < 4.78 is 5.73. The Bertz CT molecular complexity index is 582. The summed E-state index contributed by atoms with van der Waals surface area (Å²) in [6, 6.07) is 5.54.